The van der Waals surface area contributed by atoms with Gasteiger partial charge in [-0.1, -0.05) is 12.1 Å². The highest BCUT2D eigenvalue weighted by atomic mass is 16.4. The van der Waals surface area contributed by atoms with Gasteiger partial charge in [0.05, 0.1) is 11.8 Å². The van der Waals surface area contributed by atoms with Crippen molar-refractivity contribution >= 4 is 5.71 Å². The largest absolute Gasteiger partial charge is 0.411 e. The van der Waals surface area contributed by atoms with Crippen molar-refractivity contribution in [3.05, 3.63) is 30.1 Å². The Morgan fingerprint density at radius 2 is 2.16 bits per heavy atom. The Labute approximate surface area is 114 Å². The molecule has 0 spiro atoms. The van der Waals surface area contributed by atoms with Gasteiger partial charge in [-0.2, -0.15) is 0 Å². The van der Waals surface area contributed by atoms with Gasteiger partial charge in [0.2, 0.25) is 0 Å². The molecular formula is C15H21N3O. The third kappa shape index (κ3) is 2.25. The van der Waals surface area contributed by atoms with E-state index in [4.69, 9.17) is 0 Å². The number of aromatic nitrogens is 1. The summed E-state index contributed by atoms with van der Waals surface area (Å²) in [6, 6.07) is 4.46. The molecule has 1 aromatic rings. The number of pyridine rings is 1. The average Bonchev–Trinajstić information content (AvgIpc) is 3.06. The summed E-state index contributed by atoms with van der Waals surface area (Å²) in [7, 11) is 0. The second-order valence-corrected chi connectivity index (χ2v) is 5.66. The zero-order valence-electron chi connectivity index (χ0n) is 11.4. The van der Waals surface area contributed by atoms with Crippen LogP contribution in [0, 0.1) is 11.8 Å². The van der Waals surface area contributed by atoms with Crippen LogP contribution in [0.25, 0.3) is 0 Å². The minimum atomic E-state index is 0.335. The minimum Gasteiger partial charge on any atom is -0.411 e. The van der Waals surface area contributed by atoms with Gasteiger partial charge in [-0.05, 0) is 49.4 Å². The fourth-order valence-corrected chi connectivity index (χ4v) is 3.81. The van der Waals surface area contributed by atoms with Gasteiger partial charge in [0.1, 0.15) is 0 Å². The number of nitrogens with zero attached hydrogens (tertiary/aromatic N) is 3. The van der Waals surface area contributed by atoms with E-state index in [2.05, 4.69) is 34.1 Å². The smallest absolute Gasteiger partial charge is 0.0775 e. The molecule has 2 fully saturated rings. The van der Waals surface area contributed by atoms with Gasteiger partial charge in [0, 0.05) is 24.9 Å². The molecule has 0 saturated heterocycles. The van der Waals surface area contributed by atoms with Crippen LogP contribution in [-0.4, -0.2) is 33.4 Å². The molecule has 19 heavy (non-hydrogen) atoms. The van der Waals surface area contributed by atoms with Crippen molar-refractivity contribution in [2.24, 2.45) is 17.0 Å². The molecule has 3 rings (SSSR count). The quantitative estimate of drug-likeness (QED) is 0.667. The van der Waals surface area contributed by atoms with Crippen LogP contribution >= 0.6 is 0 Å². The third-order valence-corrected chi connectivity index (χ3v) is 4.69. The monoisotopic (exact) mass is 259 g/mol. The van der Waals surface area contributed by atoms with Crippen LogP contribution in [0.1, 0.15) is 31.7 Å². The number of hydrogen-bond donors (Lipinski definition) is 1. The summed E-state index contributed by atoms with van der Waals surface area (Å²) in [4.78, 5) is 6.50. The Hall–Kier alpha value is -1.42. The van der Waals surface area contributed by atoms with Crippen molar-refractivity contribution in [2.75, 3.05) is 6.54 Å². The van der Waals surface area contributed by atoms with Crippen molar-refractivity contribution in [2.45, 2.75) is 38.8 Å². The number of rotatable bonds is 4. The molecule has 0 radical (unpaired) electrons. The minimum absolute atomic E-state index is 0.335. The van der Waals surface area contributed by atoms with E-state index in [-0.39, 0.29) is 0 Å². The highest BCUT2D eigenvalue weighted by molar-refractivity contribution is 5.94. The highest BCUT2D eigenvalue weighted by Crippen LogP contribution is 2.45. The molecule has 0 unspecified atom stereocenters. The summed E-state index contributed by atoms with van der Waals surface area (Å²) in [5, 5.41) is 12.9. The maximum atomic E-state index is 9.32. The lowest BCUT2D eigenvalue weighted by Crippen LogP contribution is -2.44. The first-order valence-electron chi connectivity index (χ1n) is 7.18. The lowest BCUT2D eigenvalue weighted by molar-refractivity contribution is 0.192. The van der Waals surface area contributed by atoms with Gasteiger partial charge in [0.15, 0.2) is 0 Å². The van der Waals surface area contributed by atoms with Crippen molar-refractivity contribution in [1.82, 2.24) is 9.88 Å². The van der Waals surface area contributed by atoms with E-state index in [0.717, 1.165) is 18.8 Å². The zero-order chi connectivity index (χ0) is 13.2. The fraction of sp³-hybridized carbons (Fsp3) is 0.600. The standard InChI is InChI=1S/C15H21N3O/c1-2-18(10-11-5-7-16-8-6-11)15-13-4-3-12(9-13)14(15)17-19/h5-8,12-13,15,19H,2-4,9-10H2,1H3/b17-14+/t12-,13+,15+/m0/s1. The van der Waals surface area contributed by atoms with E-state index in [1.54, 1.807) is 0 Å². The van der Waals surface area contributed by atoms with Gasteiger partial charge in [-0.3, -0.25) is 9.88 Å². The second-order valence-electron chi connectivity index (χ2n) is 5.66. The van der Waals surface area contributed by atoms with Crippen molar-refractivity contribution < 1.29 is 5.21 Å². The van der Waals surface area contributed by atoms with Gasteiger partial charge in [0.25, 0.3) is 0 Å². The fourth-order valence-electron chi connectivity index (χ4n) is 3.81. The van der Waals surface area contributed by atoms with E-state index < -0.39 is 0 Å². The summed E-state index contributed by atoms with van der Waals surface area (Å²) in [6.45, 7) is 4.07. The van der Waals surface area contributed by atoms with E-state index >= 15 is 0 Å². The molecule has 2 bridgehead atoms. The number of fused-ring (bicyclic) bond motifs is 2. The summed E-state index contributed by atoms with van der Waals surface area (Å²) in [5.41, 5.74) is 2.30. The Bertz CT molecular complexity index is 460. The predicted molar refractivity (Wildman–Crippen MR) is 74.2 cm³/mol. The maximum Gasteiger partial charge on any atom is 0.0775 e. The SMILES string of the molecule is CCN(Cc1ccncc1)[C@H]1/C(=N/O)[C@H]2CC[C@@H]1C2. The number of oxime groups is 1. The van der Waals surface area contributed by atoms with Crippen LogP contribution in [0.15, 0.2) is 29.7 Å². The van der Waals surface area contributed by atoms with Gasteiger partial charge >= 0.3 is 0 Å². The Morgan fingerprint density at radius 1 is 1.37 bits per heavy atom. The van der Waals surface area contributed by atoms with Gasteiger partial charge in [-0.25, -0.2) is 0 Å². The second kappa shape index (κ2) is 5.29. The Morgan fingerprint density at radius 3 is 2.84 bits per heavy atom. The van der Waals surface area contributed by atoms with Crippen LogP contribution in [-0.2, 0) is 6.54 Å². The molecule has 1 N–H and O–H groups in total. The van der Waals surface area contributed by atoms with Crippen molar-refractivity contribution in [3.63, 3.8) is 0 Å². The molecular weight excluding hydrogens is 238 g/mol. The van der Waals surface area contributed by atoms with Crippen molar-refractivity contribution in [1.29, 1.82) is 0 Å². The predicted octanol–water partition coefficient (Wildman–Crippen LogP) is 2.53. The lowest BCUT2D eigenvalue weighted by atomic mass is 9.91. The highest BCUT2D eigenvalue weighted by Gasteiger charge is 2.47. The molecule has 0 amide bonds. The molecule has 1 heterocycles. The molecule has 2 aliphatic rings. The van der Waals surface area contributed by atoms with Crippen LogP contribution in [0.2, 0.25) is 0 Å². The van der Waals surface area contributed by atoms with Gasteiger partial charge < -0.3 is 5.21 Å². The molecule has 4 nitrogen and oxygen atoms in total. The molecule has 3 atom stereocenters. The van der Waals surface area contributed by atoms with E-state index in [0.29, 0.717) is 17.9 Å². The summed E-state index contributed by atoms with van der Waals surface area (Å²) in [6.07, 6.45) is 7.36. The van der Waals surface area contributed by atoms with Crippen LogP contribution in [0.5, 0.6) is 0 Å². The first-order valence-corrected chi connectivity index (χ1v) is 7.18. The first-order chi connectivity index (χ1) is 9.33. The summed E-state index contributed by atoms with van der Waals surface area (Å²) in [5.74, 6) is 1.20. The normalized spacial score (nSPS) is 31.5. The van der Waals surface area contributed by atoms with Crippen LogP contribution in [0.4, 0.5) is 0 Å². The molecule has 0 aliphatic heterocycles. The number of hydrogen-bond acceptors (Lipinski definition) is 4. The summed E-state index contributed by atoms with van der Waals surface area (Å²) >= 11 is 0. The Balaban J connectivity index is 1.79. The zero-order valence-corrected chi connectivity index (χ0v) is 11.4. The topological polar surface area (TPSA) is 48.7 Å². The van der Waals surface area contributed by atoms with E-state index in [1.165, 1.54) is 24.8 Å². The molecule has 102 valence electrons. The van der Waals surface area contributed by atoms with E-state index in [1.807, 2.05) is 12.4 Å². The molecule has 0 aromatic carbocycles. The van der Waals surface area contributed by atoms with Crippen LogP contribution < -0.4 is 0 Å². The molecule has 1 aromatic heterocycles. The molecule has 2 aliphatic carbocycles. The van der Waals surface area contributed by atoms with Crippen LogP contribution in [0.3, 0.4) is 0 Å². The van der Waals surface area contributed by atoms with E-state index in [9.17, 15) is 5.21 Å². The van der Waals surface area contributed by atoms with Crippen molar-refractivity contribution in [3.8, 4) is 0 Å². The molecule has 4 heteroatoms. The Kier molecular flexibility index (Phi) is 3.51. The van der Waals surface area contributed by atoms with Gasteiger partial charge in [-0.15, -0.1) is 0 Å². The third-order valence-electron chi connectivity index (χ3n) is 4.69. The summed E-state index contributed by atoms with van der Waals surface area (Å²) < 4.78 is 0. The maximum absolute atomic E-state index is 9.32. The lowest BCUT2D eigenvalue weighted by Gasteiger charge is -2.34. The molecule has 2 saturated carbocycles. The average molecular weight is 259 g/mol. The first kappa shape index (κ1) is 12.6.